The molecule has 1 aromatic carbocycles. The van der Waals surface area contributed by atoms with E-state index in [4.69, 9.17) is 9.29 Å². The van der Waals surface area contributed by atoms with E-state index in [0.29, 0.717) is 19.6 Å². The molecule has 1 aliphatic rings. The van der Waals surface area contributed by atoms with Crippen LogP contribution in [0.1, 0.15) is 32.3 Å². The van der Waals surface area contributed by atoms with Crippen LogP contribution in [-0.4, -0.2) is 58.0 Å². The van der Waals surface area contributed by atoms with Crippen molar-refractivity contribution in [3.63, 3.8) is 0 Å². The monoisotopic (exact) mass is 407 g/mol. The van der Waals surface area contributed by atoms with Gasteiger partial charge in [0.1, 0.15) is 0 Å². The quantitative estimate of drug-likeness (QED) is 0.625. The Labute approximate surface area is 154 Å². The van der Waals surface area contributed by atoms with Gasteiger partial charge in [-0.3, -0.25) is 9.11 Å². The first kappa shape index (κ1) is 21.1. The largest absolute Gasteiger partial charge is 0.383 e. The van der Waals surface area contributed by atoms with Crippen molar-refractivity contribution in [2.24, 2.45) is 0 Å². The standard InChI is InChI=1S/C16H25NO7S2/c1-12-16(2,7-4-10-25(18,19)20)14-11-13(26(21,22)23)5-6-15(14)17(12)8-9-24-3/h5-6,11-12H,4,7-10H2,1-3H3,(H,18,19,20)(H,21,22,23). The molecule has 0 aliphatic carbocycles. The molecule has 0 saturated carbocycles. The summed E-state index contributed by atoms with van der Waals surface area (Å²) in [5.41, 5.74) is 1.01. The van der Waals surface area contributed by atoms with Crippen LogP contribution in [0, 0.1) is 0 Å². The summed E-state index contributed by atoms with van der Waals surface area (Å²) < 4.78 is 68.7. The molecule has 148 valence electrons. The first-order valence-corrected chi connectivity index (χ1v) is 11.3. The van der Waals surface area contributed by atoms with Crippen LogP contribution in [0.5, 0.6) is 0 Å². The van der Waals surface area contributed by atoms with Gasteiger partial charge in [-0.25, -0.2) is 0 Å². The Balaban J connectivity index is 2.45. The average Bonchev–Trinajstić information content (AvgIpc) is 2.72. The molecule has 0 radical (unpaired) electrons. The maximum absolute atomic E-state index is 11.5. The van der Waals surface area contributed by atoms with Gasteiger partial charge in [-0.2, -0.15) is 16.8 Å². The number of hydrogen-bond acceptors (Lipinski definition) is 6. The second-order valence-corrected chi connectivity index (χ2v) is 9.82. The van der Waals surface area contributed by atoms with Gasteiger partial charge in [-0.1, -0.05) is 6.92 Å². The molecule has 1 aromatic rings. The molecule has 2 rings (SSSR count). The fourth-order valence-electron chi connectivity index (χ4n) is 3.63. The van der Waals surface area contributed by atoms with Crippen molar-refractivity contribution in [1.29, 1.82) is 0 Å². The molecule has 2 unspecified atom stereocenters. The predicted molar refractivity (Wildman–Crippen MR) is 97.9 cm³/mol. The van der Waals surface area contributed by atoms with Gasteiger partial charge in [0.25, 0.3) is 20.2 Å². The lowest BCUT2D eigenvalue weighted by molar-refractivity contribution is 0.201. The highest BCUT2D eigenvalue weighted by atomic mass is 32.2. The smallest absolute Gasteiger partial charge is 0.294 e. The van der Waals surface area contributed by atoms with Crippen LogP contribution in [0.15, 0.2) is 23.1 Å². The molecule has 0 amide bonds. The topological polar surface area (TPSA) is 121 Å². The highest BCUT2D eigenvalue weighted by Gasteiger charge is 2.45. The number of anilines is 1. The number of ether oxygens (including phenoxy) is 1. The molecule has 1 aliphatic heterocycles. The summed E-state index contributed by atoms with van der Waals surface area (Å²) in [7, 11) is -6.82. The number of fused-ring (bicyclic) bond motifs is 1. The molecular weight excluding hydrogens is 382 g/mol. The minimum atomic E-state index is -4.35. The van der Waals surface area contributed by atoms with Crippen molar-refractivity contribution in [2.75, 3.05) is 30.9 Å². The maximum atomic E-state index is 11.5. The van der Waals surface area contributed by atoms with Crippen LogP contribution in [-0.2, 0) is 30.4 Å². The lowest BCUT2D eigenvalue weighted by atomic mass is 9.75. The number of rotatable bonds is 8. The number of benzene rings is 1. The Bertz CT molecular complexity index is 867. The highest BCUT2D eigenvalue weighted by Crippen LogP contribution is 2.48. The van der Waals surface area contributed by atoms with Gasteiger partial charge in [0, 0.05) is 30.8 Å². The first-order valence-electron chi connectivity index (χ1n) is 8.23. The van der Waals surface area contributed by atoms with E-state index in [0.717, 1.165) is 11.3 Å². The number of methoxy groups -OCH3 is 1. The van der Waals surface area contributed by atoms with Gasteiger partial charge < -0.3 is 9.64 Å². The number of hydrogen-bond donors (Lipinski definition) is 2. The summed E-state index contributed by atoms with van der Waals surface area (Å²) >= 11 is 0. The molecule has 0 fully saturated rings. The van der Waals surface area contributed by atoms with Gasteiger partial charge in [0.15, 0.2) is 0 Å². The molecule has 2 atom stereocenters. The second kappa shape index (κ2) is 7.43. The van der Waals surface area contributed by atoms with Crippen molar-refractivity contribution >= 4 is 25.9 Å². The van der Waals surface area contributed by atoms with Gasteiger partial charge in [0.05, 0.1) is 17.3 Å². The van der Waals surface area contributed by atoms with Crippen molar-refractivity contribution in [3.05, 3.63) is 23.8 Å². The van der Waals surface area contributed by atoms with Crippen LogP contribution >= 0.6 is 0 Å². The fraction of sp³-hybridized carbons (Fsp3) is 0.625. The van der Waals surface area contributed by atoms with Crippen molar-refractivity contribution < 1.29 is 30.7 Å². The summed E-state index contributed by atoms with van der Waals surface area (Å²) in [5, 5.41) is 0. The zero-order chi connectivity index (χ0) is 19.8. The molecule has 2 N–H and O–H groups in total. The van der Waals surface area contributed by atoms with Crippen LogP contribution in [0.3, 0.4) is 0 Å². The van der Waals surface area contributed by atoms with E-state index in [1.165, 1.54) is 12.1 Å². The molecule has 0 spiro atoms. The highest BCUT2D eigenvalue weighted by molar-refractivity contribution is 7.86. The van der Waals surface area contributed by atoms with Crippen molar-refractivity contribution in [1.82, 2.24) is 0 Å². The molecule has 10 heteroatoms. The Kier molecular flexibility index (Phi) is 6.03. The Hall–Kier alpha value is -1.20. The van der Waals surface area contributed by atoms with E-state index in [2.05, 4.69) is 4.90 Å². The third-order valence-electron chi connectivity index (χ3n) is 5.21. The summed E-state index contributed by atoms with van der Waals surface area (Å²) in [6.45, 7) is 4.98. The lowest BCUT2D eigenvalue weighted by Gasteiger charge is -2.34. The van der Waals surface area contributed by atoms with Gasteiger partial charge >= 0.3 is 0 Å². The van der Waals surface area contributed by atoms with Gasteiger partial charge in [-0.05, 0) is 43.5 Å². The Morgan fingerprint density at radius 3 is 2.42 bits per heavy atom. The number of nitrogens with zero attached hydrogens (tertiary/aromatic N) is 1. The van der Waals surface area contributed by atoms with Crippen LogP contribution < -0.4 is 4.90 Å². The summed E-state index contributed by atoms with van der Waals surface area (Å²) in [6, 6.07) is 4.40. The van der Waals surface area contributed by atoms with E-state index in [9.17, 15) is 21.4 Å². The molecule has 1 heterocycles. The van der Waals surface area contributed by atoms with E-state index in [-0.39, 0.29) is 23.1 Å². The fourth-order valence-corrected chi connectivity index (χ4v) is 4.65. The molecule has 26 heavy (non-hydrogen) atoms. The zero-order valence-corrected chi connectivity index (χ0v) is 16.7. The van der Waals surface area contributed by atoms with E-state index in [1.54, 1.807) is 13.2 Å². The summed E-state index contributed by atoms with van der Waals surface area (Å²) in [4.78, 5) is 1.89. The predicted octanol–water partition coefficient (Wildman–Crippen LogP) is 1.71. The Morgan fingerprint density at radius 2 is 1.88 bits per heavy atom. The van der Waals surface area contributed by atoms with Crippen LogP contribution in [0.4, 0.5) is 5.69 Å². The molecular formula is C16H25NO7S2. The average molecular weight is 408 g/mol. The lowest BCUT2D eigenvalue weighted by Crippen LogP contribution is -2.42. The van der Waals surface area contributed by atoms with Gasteiger partial charge in [0.2, 0.25) is 0 Å². The Morgan fingerprint density at radius 1 is 1.23 bits per heavy atom. The van der Waals surface area contributed by atoms with Crippen molar-refractivity contribution in [2.45, 2.75) is 43.0 Å². The first-order chi connectivity index (χ1) is 11.9. The third-order valence-corrected chi connectivity index (χ3v) is 6.87. The summed E-state index contributed by atoms with van der Waals surface area (Å²) in [5.74, 6) is -0.360. The second-order valence-electron chi connectivity index (χ2n) is 6.82. The third kappa shape index (κ3) is 4.37. The van der Waals surface area contributed by atoms with Crippen LogP contribution in [0.2, 0.25) is 0 Å². The maximum Gasteiger partial charge on any atom is 0.294 e. The van der Waals surface area contributed by atoms with Gasteiger partial charge in [-0.15, -0.1) is 0 Å². The van der Waals surface area contributed by atoms with Crippen molar-refractivity contribution in [3.8, 4) is 0 Å². The summed E-state index contributed by atoms with van der Waals surface area (Å²) in [6.07, 6.45) is 0.659. The minimum Gasteiger partial charge on any atom is -0.383 e. The SMILES string of the molecule is COCCN1c2ccc(S(=O)(=O)O)cc2C(C)(CCCS(=O)(=O)O)C1C. The molecule has 0 saturated heterocycles. The zero-order valence-electron chi connectivity index (χ0n) is 15.0. The molecule has 8 nitrogen and oxygen atoms in total. The molecule has 0 bridgehead atoms. The van der Waals surface area contributed by atoms with Crippen LogP contribution in [0.25, 0.3) is 0 Å². The van der Waals surface area contributed by atoms with E-state index in [1.807, 2.05) is 13.8 Å². The minimum absolute atomic E-state index is 0.0503. The van der Waals surface area contributed by atoms with E-state index < -0.39 is 25.7 Å². The normalized spacial score (nSPS) is 23.3. The molecule has 0 aromatic heterocycles. The van der Waals surface area contributed by atoms with E-state index >= 15 is 0 Å².